The average molecular weight is 265 g/mol. The summed E-state index contributed by atoms with van der Waals surface area (Å²) in [6, 6.07) is 0. The standard InChI is InChI=1S/C10H23N3O3S/c1-16-8-7-12-17(14,15)13-9-10(11)5-3-2-4-6-10/h12-13H,2-9,11H2,1H3. The Hall–Kier alpha value is -0.210. The number of hydrogen-bond donors (Lipinski definition) is 3. The minimum atomic E-state index is -3.45. The van der Waals surface area contributed by atoms with Crippen molar-refractivity contribution < 1.29 is 13.2 Å². The molecule has 1 fully saturated rings. The lowest BCUT2D eigenvalue weighted by Crippen LogP contribution is -2.53. The zero-order chi connectivity index (χ0) is 12.8. The van der Waals surface area contributed by atoms with E-state index in [0.717, 1.165) is 25.7 Å². The second kappa shape index (κ2) is 6.65. The van der Waals surface area contributed by atoms with Gasteiger partial charge in [-0.1, -0.05) is 19.3 Å². The molecule has 4 N–H and O–H groups in total. The van der Waals surface area contributed by atoms with Crippen LogP contribution >= 0.6 is 0 Å². The summed E-state index contributed by atoms with van der Waals surface area (Å²) in [7, 11) is -1.92. The van der Waals surface area contributed by atoms with Gasteiger partial charge in [-0.05, 0) is 12.8 Å². The van der Waals surface area contributed by atoms with Crippen molar-refractivity contribution in [2.75, 3.05) is 26.8 Å². The van der Waals surface area contributed by atoms with Gasteiger partial charge in [-0.15, -0.1) is 0 Å². The third-order valence-electron chi connectivity index (χ3n) is 3.06. The Kier molecular flexibility index (Phi) is 5.81. The van der Waals surface area contributed by atoms with Crippen molar-refractivity contribution in [3.05, 3.63) is 0 Å². The van der Waals surface area contributed by atoms with Gasteiger partial charge in [0, 0.05) is 25.7 Å². The second-order valence-corrected chi connectivity index (χ2v) is 6.22. The van der Waals surface area contributed by atoms with Crippen molar-refractivity contribution in [3.8, 4) is 0 Å². The van der Waals surface area contributed by atoms with Crippen LogP contribution in [0.4, 0.5) is 0 Å². The SMILES string of the molecule is COCCNS(=O)(=O)NCC1(N)CCCCC1. The van der Waals surface area contributed by atoms with Gasteiger partial charge < -0.3 is 10.5 Å². The Bertz CT molecular complexity index is 313. The van der Waals surface area contributed by atoms with Gasteiger partial charge in [-0.3, -0.25) is 0 Å². The molecule has 0 aliphatic heterocycles. The van der Waals surface area contributed by atoms with E-state index < -0.39 is 10.2 Å². The predicted octanol–water partition coefficient (Wildman–Crippen LogP) is -0.282. The Morgan fingerprint density at radius 3 is 2.47 bits per heavy atom. The molecule has 0 aromatic rings. The quantitative estimate of drug-likeness (QED) is 0.552. The van der Waals surface area contributed by atoms with Crippen molar-refractivity contribution in [2.24, 2.45) is 5.73 Å². The smallest absolute Gasteiger partial charge is 0.277 e. The van der Waals surface area contributed by atoms with Crippen LogP contribution in [-0.4, -0.2) is 40.8 Å². The van der Waals surface area contributed by atoms with Crippen LogP contribution < -0.4 is 15.2 Å². The fourth-order valence-corrected chi connectivity index (χ4v) is 2.93. The van der Waals surface area contributed by atoms with Gasteiger partial charge in [-0.25, -0.2) is 4.72 Å². The molecule has 1 rings (SSSR count). The van der Waals surface area contributed by atoms with Crippen molar-refractivity contribution in [1.82, 2.24) is 9.44 Å². The summed E-state index contributed by atoms with van der Waals surface area (Å²) in [6.45, 7) is 0.924. The molecule has 7 heteroatoms. The number of nitrogens with two attached hydrogens (primary N) is 1. The van der Waals surface area contributed by atoms with Crippen LogP contribution in [0.5, 0.6) is 0 Å². The number of methoxy groups -OCH3 is 1. The molecule has 0 amide bonds. The Morgan fingerprint density at radius 2 is 1.88 bits per heavy atom. The van der Waals surface area contributed by atoms with Crippen molar-refractivity contribution in [3.63, 3.8) is 0 Å². The molecule has 0 heterocycles. The molecule has 0 atom stereocenters. The van der Waals surface area contributed by atoms with Crippen molar-refractivity contribution in [2.45, 2.75) is 37.6 Å². The monoisotopic (exact) mass is 265 g/mol. The molecule has 6 nitrogen and oxygen atoms in total. The van der Waals surface area contributed by atoms with E-state index in [4.69, 9.17) is 10.5 Å². The highest BCUT2D eigenvalue weighted by Gasteiger charge is 2.28. The zero-order valence-electron chi connectivity index (χ0n) is 10.4. The lowest BCUT2D eigenvalue weighted by molar-refractivity contribution is 0.204. The van der Waals surface area contributed by atoms with Gasteiger partial charge in [0.2, 0.25) is 0 Å². The Morgan fingerprint density at radius 1 is 1.24 bits per heavy atom. The van der Waals surface area contributed by atoms with E-state index in [1.807, 2.05) is 0 Å². The third-order valence-corrected chi connectivity index (χ3v) is 4.17. The number of rotatable bonds is 7. The molecular weight excluding hydrogens is 242 g/mol. The fourth-order valence-electron chi connectivity index (χ4n) is 2.00. The average Bonchev–Trinajstić information content (AvgIpc) is 2.28. The first-order valence-corrected chi connectivity index (χ1v) is 7.48. The van der Waals surface area contributed by atoms with Gasteiger partial charge in [0.25, 0.3) is 10.2 Å². The topological polar surface area (TPSA) is 93.4 Å². The largest absolute Gasteiger partial charge is 0.383 e. The maximum absolute atomic E-state index is 11.6. The number of ether oxygens (including phenoxy) is 1. The predicted molar refractivity (Wildman–Crippen MR) is 66.8 cm³/mol. The minimum Gasteiger partial charge on any atom is -0.383 e. The third kappa shape index (κ3) is 5.78. The molecule has 0 bridgehead atoms. The first-order chi connectivity index (χ1) is 7.97. The highest BCUT2D eigenvalue weighted by molar-refractivity contribution is 7.87. The van der Waals surface area contributed by atoms with Crippen LogP contribution in [0, 0.1) is 0 Å². The molecule has 0 unspecified atom stereocenters. The lowest BCUT2D eigenvalue weighted by Gasteiger charge is -2.33. The van der Waals surface area contributed by atoms with Gasteiger partial charge in [0.05, 0.1) is 6.61 Å². The summed E-state index contributed by atoms with van der Waals surface area (Å²) >= 11 is 0. The molecule has 17 heavy (non-hydrogen) atoms. The van der Waals surface area contributed by atoms with E-state index in [9.17, 15) is 8.42 Å². The number of nitrogens with one attached hydrogen (secondary N) is 2. The van der Waals surface area contributed by atoms with E-state index in [0.29, 0.717) is 13.2 Å². The second-order valence-electron chi connectivity index (χ2n) is 4.63. The van der Waals surface area contributed by atoms with Crippen molar-refractivity contribution in [1.29, 1.82) is 0 Å². The van der Waals surface area contributed by atoms with Gasteiger partial charge >= 0.3 is 0 Å². The summed E-state index contributed by atoms with van der Waals surface area (Å²) in [4.78, 5) is 0. The summed E-state index contributed by atoms with van der Waals surface area (Å²) < 4.78 is 32.8. The maximum Gasteiger partial charge on any atom is 0.277 e. The molecule has 0 radical (unpaired) electrons. The number of hydrogen-bond acceptors (Lipinski definition) is 4. The molecule has 0 aromatic heterocycles. The van der Waals surface area contributed by atoms with E-state index in [1.54, 1.807) is 0 Å². The molecule has 0 spiro atoms. The first-order valence-electron chi connectivity index (χ1n) is 5.99. The Balaban J connectivity index is 2.32. The highest BCUT2D eigenvalue weighted by atomic mass is 32.2. The van der Waals surface area contributed by atoms with Crippen LogP contribution in [0.3, 0.4) is 0 Å². The van der Waals surface area contributed by atoms with Crippen LogP contribution in [0.15, 0.2) is 0 Å². The highest BCUT2D eigenvalue weighted by Crippen LogP contribution is 2.25. The maximum atomic E-state index is 11.6. The van der Waals surface area contributed by atoms with Crippen LogP contribution in [0.1, 0.15) is 32.1 Å². The van der Waals surface area contributed by atoms with E-state index in [-0.39, 0.29) is 12.1 Å². The van der Waals surface area contributed by atoms with E-state index in [1.165, 1.54) is 13.5 Å². The lowest BCUT2D eigenvalue weighted by atomic mass is 9.83. The summed E-state index contributed by atoms with van der Waals surface area (Å²) in [5.74, 6) is 0. The minimum absolute atomic E-state index is 0.267. The summed E-state index contributed by atoms with van der Waals surface area (Å²) in [6.07, 6.45) is 5.11. The molecular formula is C10H23N3O3S. The van der Waals surface area contributed by atoms with Gasteiger partial charge in [-0.2, -0.15) is 13.1 Å². The molecule has 1 saturated carbocycles. The molecule has 1 aliphatic carbocycles. The fraction of sp³-hybridized carbons (Fsp3) is 1.00. The summed E-state index contributed by atoms with van der Waals surface area (Å²) in [5.41, 5.74) is 5.76. The van der Waals surface area contributed by atoms with Crippen LogP contribution in [0.2, 0.25) is 0 Å². The molecule has 102 valence electrons. The zero-order valence-corrected chi connectivity index (χ0v) is 11.2. The Labute approximate surface area is 103 Å². The summed E-state index contributed by atoms with van der Waals surface area (Å²) in [5, 5.41) is 0. The van der Waals surface area contributed by atoms with Crippen LogP contribution in [0.25, 0.3) is 0 Å². The molecule has 0 saturated heterocycles. The van der Waals surface area contributed by atoms with E-state index >= 15 is 0 Å². The molecule has 0 aromatic carbocycles. The normalized spacial score (nSPS) is 20.4. The van der Waals surface area contributed by atoms with Gasteiger partial charge in [0.1, 0.15) is 0 Å². The van der Waals surface area contributed by atoms with E-state index in [2.05, 4.69) is 9.44 Å². The van der Waals surface area contributed by atoms with Gasteiger partial charge in [0.15, 0.2) is 0 Å². The van der Waals surface area contributed by atoms with Crippen LogP contribution in [-0.2, 0) is 14.9 Å². The molecule has 1 aliphatic rings. The van der Waals surface area contributed by atoms with Crippen molar-refractivity contribution >= 4 is 10.2 Å². The first kappa shape index (κ1) is 14.8.